The molecule has 0 atom stereocenters. The van der Waals surface area contributed by atoms with Crippen molar-refractivity contribution < 1.29 is 0 Å². The van der Waals surface area contributed by atoms with E-state index in [-0.39, 0.29) is 0 Å². The van der Waals surface area contributed by atoms with Gasteiger partial charge in [-0.15, -0.1) is 0 Å². The lowest BCUT2D eigenvalue weighted by atomic mass is 10.2. The minimum atomic E-state index is 0.371. The maximum atomic E-state index is 5.77. The van der Waals surface area contributed by atoms with Gasteiger partial charge in [-0.3, -0.25) is 0 Å². The van der Waals surface area contributed by atoms with Crippen LogP contribution in [0, 0.1) is 0 Å². The average Bonchev–Trinajstić information content (AvgIpc) is 2.78. The van der Waals surface area contributed by atoms with Gasteiger partial charge in [0.2, 0.25) is 5.13 Å². The lowest BCUT2D eigenvalue weighted by molar-refractivity contribution is 0.792. The third kappa shape index (κ3) is 2.98. The van der Waals surface area contributed by atoms with E-state index in [1.54, 1.807) is 0 Å². The van der Waals surface area contributed by atoms with Gasteiger partial charge in [0, 0.05) is 36.7 Å². The molecule has 1 aromatic heterocycles. The third-order valence-corrected chi connectivity index (χ3v) is 3.49. The Morgan fingerprint density at radius 2 is 2.17 bits per heavy atom. The van der Waals surface area contributed by atoms with Gasteiger partial charge >= 0.3 is 0 Å². The van der Waals surface area contributed by atoms with Crippen molar-refractivity contribution >= 4 is 22.4 Å². The third-order valence-electron chi connectivity index (χ3n) is 2.64. The summed E-state index contributed by atoms with van der Waals surface area (Å²) in [5, 5.41) is 0.945. The Morgan fingerprint density at radius 1 is 1.39 bits per heavy atom. The average molecular weight is 262 g/mol. The van der Waals surface area contributed by atoms with Gasteiger partial charge in [0.25, 0.3) is 0 Å². The van der Waals surface area contributed by atoms with Crippen LogP contribution in [0.15, 0.2) is 24.3 Å². The summed E-state index contributed by atoms with van der Waals surface area (Å²) in [6, 6.07) is 7.92. The number of nitrogens with two attached hydrogens (primary N) is 1. The molecule has 0 aliphatic rings. The lowest BCUT2D eigenvalue weighted by Gasteiger charge is -2.15. The van der Waals surface area contributed by atoms with Crippen LogP contribution in [0.3, 0.4) is 0 Å². The van der Waals surface area contributed by atoms with Crippen LogP contribution in [0.2, 0.25) is 0 Å². The molecule has 2 aromatic rings. The van der Waals surface area contributed by atoms with Crippen molar-refractivity contribution in [2.75, 3.05) is 17.7 Å². The van der Waals surface area contributed by atoms with Crippen LogP contribution < -0.4 is 10.6 Å². The first kappa shape index (κ1) is 12.8. The summed E-state index contributed by atoms with van der Waals surface area (Å²) in [6.07, 6.45) is 0. The van der Waals surface area contributed by atoms with Crippen molar-refractivity contribution in [2.24, 2.45) is 0 Å². The van der Waals surface area contributed by atoms with Crippen molar-refractivity contribution in [1.29, 1.82) is 0 Å². The number of anilines is 2. The highest BCUT2D eigenvalue weighted by Gasteiger charge is 2.11. The fourth-order valence-corrected chi connectivity index (χ4v) is 2.41. The summed E-state index contributed by atoms with van der Waals surface area (Å²) in [5.41, 5.74) is 7.75. The number of benzene rings is 1. The molecule has 0 unspecified atom stereocenters. The number of hydrogen-bond acceptors (Lipinski definition) is 5. The Kier molecular flexibility index (Phi) is 3.81. The SMILES string of the molecule is CC(C)c1nsc(N(C)Cc2cccc(N)c2)n1. The van der Waals surface area contributed by atoms with E-state index in [1.807, 2.05) is 25.2 Å². The van der Waals surface area contributed by atoms with Crippen LogP contribution >= 0.6 is 11.5 Å². The molecule has 5 heteroatoms. The van der Waals surface area contributed by atoms with Gasteiger partial charge in [-0.1, -0.05) is 26.0 Å². The number of nitrogens with zero attached hydrogens (tertiary/aromatic N) is 3. The minimum Gasteiger partial charge on any atom is -0.399 e. The topological polar surface area (TPSA) is 55.0 Å². The van der Waals surface area contributed by atoms with E-state index in [0.717, 1.165) is 23.2 Å². The molecule has 0 amide bonds. The maximum Gasteiger partial charge on any atom is 0.205 e. The molecule has 0 saturated heterocycles. The number of rotatable bonds is 4. The highest BCUT2D eigenvalue weighted by atomic mass is 32.1. The summed E-state index contributed by atoms with van der Waals surface area (Å²) in [6.45, 7) is 4.99. The Bertz CT molecular complexity index is 521. The first-order valence-corrected chi connectivity index (χ1v) is 6.72. The quantitative estimate of drug-likeness (QED) is 0.861. The van der Waals surface area contributed by atoms with Crippen molar-refractivity contribution in [1.82, 2.24) is 9.36 Å². The molecule has 1 aromatic carbocycles. The number of aromatic nitrogens is 2. The molecule has 0 radical (unpaired) electrons. The van der Waals surface area contributed by atoms with Crippen molar-refractivity contribution in [3.63, 3.8) is 0 Å². The zero-order valence-electron chi connectivity index (χ0n) is 10.9. The van der Waals surface area contributed by atoms with E-state index in [9.17, 15) is 0 Å². The van der Waals surface area contributed by atoms with E-state index in [2.05, 4.69) is 34.2 Å². The van der Waals surface area contributed by atoms with Crippen molar-refractivity contribution in [3.8, 4) is 0 Å². The van der Waals surface area contributed by atoms with Gasteiger partial charge in [-0.2, -0.15) is 4.37 Å². The summed E-state index contributed by atoms with van der Waals surface area (Å²) in [7, 11) is 2.02. The predicted octanol–water partition coefficient (Wildman–Crippen LogP) is 2.88. The molecule has 4 nitrogen and oxygen atoms in total. The fraction of sp³-hybridized carbons (Fsp3) is 0.385. The monoisotopic (exact) mass is 262 g/mol. The maximum absolute atomic E-state index is 5.77. The molecular weight excluding hydrogens is 244 g/mol. The zero-order chi connectivity index (χ0) is 13.1. The fourth-order valence-electron chi connectivity index (χ4n) is 1.65. The lowest BCUT2D eigenvalue weighted by Crippen LogP contribution is -2.16. The van der Waals surface area contributed by atoms with Crippen LogP contribution in [-0.2, 0) is 6.54 Å². The zero-order valence-corrected chi connectivity index (χ0v) is 11.7. The largest absolute Gasteiger partial charge is 0.399 e. The molecule has 0 fully saturated rings. The van der Waals surface area contributed by atoms with Gasteiger partial charge in [0.05, 0.1) is 0 Å². The van der Waals surface area contributed by atoms with Gasteiger partial charge in [0.15, 0.2) is 0 Å². The Balaban J connectivity index is 2.09. The van der Waals surface area contributed by atoms with E-state index < -0.39 is 0 Å². The smallest absolute Gasteiger partial charge is 0.205 e. The first-order chi connectivity index (χ1) is 8.56. The molecule has 0 bridgehead atoms. The summed E-state index contributed by atoms with van der Waals surface area (Å²) in [5.74, 6) is 1.28. The molecule has 0 aliphatic heterocycles. The second-order valence-corrected chi connectivity index (χ2v) is 5.42. The van der Waals surface area contributed by atoms with Gasteiger partial charge < -0.3 is 10.6 Å². The highest BCUT2D eigenvalue weighted by Crippen LogP contribution is 2.22. The summed E-state index contributed by atoms with van der Waals surface area (Å²) >= 11 is 1.44. The second-order valence-electron chi connectivity index (χ2n) is 4.69. The van der Waals surface area contributed by atoms with Gasteiger partial charge in [-0.25, -0.2) is 4.98 Å². The van der Waals surface area contributed by atoms with Crippen molar-refractivity contribution in [3.05, 3.63) is 35.7 Å². The van der Waals surface area contributed by atoms with E-state index in [0.29, 0.717) is 5.92 Å². The van der Waals surface area contributed by atoms with Crippen LogP contribution in [0.4, 0.5) is 10.8 Å². The molecular formula is C13H18N4S. The molecule has 2 rings (SSSR count). The predicted molar refractivity (Wildman–Crippen MR) is 77.0 cm³/mol. The van der Waals surface area contributed by atoms with Crippen LogP contribution in [0.25, 0.3) is 0 Å². The molecule has 1 heterocycles. The minimum absolute atomic E-state index is 0.371. The van der Waals surface area contributed by atoms with Crippen LogP contribution in [-0.4, -0.2) is 16.4 Å². The molecule has 96 valence electrons. The molecule has 18 heavy (non-hydrogen) atoms. The van der Waals surface area contributed by atoms with Crippen LogP contribution in [0.1, 0.15) is 31.2 Å². The van der Waals surface area contributed by atoms with E-state index in [1.165, 1.54) is 17.1 Å². The standard InChI is InChI=1S/C13H18N4S/c1-9(2)12-15-13(18-16-12)17(3)8-10-5-4-6-11(14)7-10/h4-7,9H,8,14H2,1-3H3. The summed E-state index contributed by atoms with van der Waals surface area (Å²) in [4.78, 5) is 6.63. The van der Waals surface area contributed by atoms with Crippen molar-refractivity contribution in [2.45, 2.75) is 26.3 Å². The normalized spacial score (nSPS) is 10.9. The molecule has 2 N–H and O–H groups in total. The number of nitrogen functional groups attached to an aromatic ring is 1. The second kappa shape index (κ2) is 5.35. The highest BCUT2D eigenvalue weighted by molar-refractivity contribution is 7.09. The van der Waals surface area contributed by atoms with Gasteiger partial charge in [0.1, 0.15) is 5.82 Å². The Labute approximate surface area is 112 Å². The summed E-state index contributed by atoms with van der Waals surface area (Å²) < 4.78 is 4.36. The first-order valence-electron chi connectivity index (χ1n) is 5.95. The number of hydrogen-bond donors (Lipinski definition) is 1. The Morgan fingerprint density at radius 3 is 2.78 bits per heavy atom. The van der Waals surface area contributed by atoms with Crippen LogP contribution in [0.5, 0.6) is 0 Å². The van der Waals surface area contributed by atoms with E-state index in [4.69, 9.17) is 5.73 Å². The van der Waals surface area contributed by atoms with Gasteiger partial charge in [-0.05, 0) is 17.7 Å². The Hall–Kier alpha value is -1.62. The molecule has 0 saturated carbocycles. The molecule has 0 spiro atoms. The van der Waals surface area contributed by atoms with E-state index >= 15 is 0 Å². The molecule has 0 aliphatic carbocycles.